The highest BCUT2D eigenvalue weighted by atomic mass is 16.2. The van der Waals surface area contributed by atoms with E-state index in [0.717, 1.165) is 57.2 Å². The van der Waals surface area contributed by atoms with Crippen molar-refractivity contribution < 1.29 is 9.59 Å². The summed E-state index contributed by atoms with van der Waals surface area (Å²) in [4.78, 5) is 49.2. The zero-order chi connectivity index (χ0) is 18.5. The van der Waals surface area contributed by atoms with Gasteiger partial charge in [-0.15, -0.1) is 0 Å². The van der Waals surface area contributed by atoms with E-state index in [0.29, 0.717) is 30.9 Å². The monoisotopic (exact) mass is 370 g/mol. The second-order valence-electron chi connectivity index (χ2n) is 8.48. The molecule has 5 rings (SSSR count). The number of aromatic amines is 1. The molecule has 1 atom stereocenters. The van der Waals surface area contributed by atoms with E-state index in [4.69, 9.17) is 4.98 Å². The van der Waals surface area contributed by atoms with Crippen LogP contribution in [0.1, 0.15) is 68.1 Å². The summed E-state index contributed by atoms with van der Waals surface area (Å²) in [6.07, 6.45) is 7.46. The second kappa shape index (κ2) is 6.46. The first-order valence-electron chi connectivity index (χ1n) is 10.3. The maximum atomic E-state index is 12.8. The van der Waals surface area contributed by atoms with Crippen LogP contribution < -0.4 is 5.56 Å². The van der Waals surface area contributed by atoms with Crippen LogP contribution in [0.15, 0.2) is 4.79 Å². The molecule has 0 bridgehead atoms. The topological polar surface area (TPSA) is 86.4 Å². The zero-order valence-electron chi connectivity index (χ0n) is 15.6. The molecule has 7 nitrogen and oxygen atoms in total. The normalized spacial score (nSPS) is 25.3. The smallest absolute Gasteiger partial charge is 0.256 e. The molecule has 1 saturated heterocycles. The van der Waals surface area contributed by atoms with Gasteiger partial charge in [0.15, 0.2) is 0 Å². The van der Waals surface area contributed by atoms with Crippen LogP contribution in [-0.2, 0) is 22.6 Å². The van der Waals surface area contributed by atoms with Crippen molar-refractivity contribution in [3.05, 3.63) is 27.4 Å². The van der Waals surface area contributed by atoms with E-state index in [9.17, 15) is 14.4 Å². The summed E-state index contributed by atoms with van der Waals surface area (Å²) in [6, 6.07) is -0.115. The Morgan fingerprint density at radius 3 is 2.44 bits per heavy atom. The van der Waals surface area contributed by atoms with Gasteiger partial charge < -0.3 is 14.8 Å². The molecular weight excluding hydrogens is 344 g/mol. The Kier molecular flexibility index (Phi) is 4.06. The van der Waals surface area contributed by atoms with E-state index in [2.05, 4.69) is 4.98 Å². The lowest BCUT2D eigenvalue weighted by Crippen LogP contribution is -2.43. The number of nitrogens with one attached hydrogen (secondary N) is 1. The van der Waals surface area contributed by atoms with Gasteiger partial charge in [0.05, 0.1) is 23.8 Å². The first-order chi connectivity index (χ1) is 13.1. The second-order valence-corrected chi connectivity index (χ2v) is 8.48. The number of aromatic nitrogens is 2. The van der Waals surface area contributed by atoms with Crippen molar-refractivity contribution in [2.24, 2.45) is 11.8 Å². The molecule has 4 aliphatic rings. The maximum Gasteiger partial charge on any atom is 0.256 e. The van der Waals surface area contributed by atoms with E-state index in [1.165, 1.54) is 0 Å². The third-order valence-corrected chi connectivity index (χ3v) is 6.35. The van der Waals surface area contributed by atoms with Crippen LogP contribution in [0.3, 0.4) is 0 Å². The third kappa shape index (κ3) is 3.17. The average Bonchev–Trinajstić information content (AvgIpc) is 3.58. The molecule has 0 aromatic carbocycles. The molecular formula is C20H26N4O3. The van der Waals surface area contributed by atoms with Gasteiger partial charge in [-0.2, -0.15) is 0 Å². The minimum atomic E-state index is -0.146. The van der Waals surface area contributed by atoms with Crippen molar-refractivity contribution in [2.75, 3.05) is 13.1 Å². The number of hydrogen-bond donors (Lipinski definition) is 1. The summed E-state index contributed by atoms with van der Waals surface area (Å²) in [5.41, 5.74) is 1.28. The van der Waals surface area contributed by atoms with Crippen molar-refractivity contribution in [3.8, 4) is 0 Å². The number of likely N-dealkylation sites (tertiary alicyclic amines) is 1. The number of rotatable bonds is 3. The standard InChI is InChI=1S/C20H26N4O3/c25-18-14-11-23(19(26)12-4-5-12)10-8-15(14)21-17(22-18)16-3-1-2-9-24(16)20(27)13-6-7-13/h12-13,16H,1-11H2,(H,21,22,25)/t16-/m0/s1. The van der Waals surface area contributed by atoms with Crippen LogP contribution >= 0.6 is 0 Å². The molecule has 2 amide bonds. The first kappa shape index (κ1) is 17.0. The predicted molar refractivity (Wildman–Crippen MR) is 97.7 cm³/mol. The van der Waals surface area contributed by atoms with Gasteiger partial charge in [-0.1, -0.05) is 0 Å². The minimum Gasteiger partial charge on any atom is -0.337 e. The molecule has 1 aromatic rings. The number of H-pyrrole nitrogens is 1. The molecule has 1 aromatic heterocycles. The van der Waals surface area contributed by atoms with Gasteiger partial charge in [0, 0.05) is 31.3 Å². The first-order valence-corrected chi connectivity index (χ1v) is 10.3. The predicted octanol–water partition coefficient (Wildman–Crippen LogP) is 1.53. The van der Waals surface area contributed by atoms with E-state index >= 15 is 0 Å². The zero-order valence-corrected chi connectivity index (χ0v) is 15.6. The number of nitrogens with zero attached hydrogens (tertiary/aromatic N) is 3. The molecule has 7 heteroatoms. The molecule has 3 heterocycles. The minimum absolute atomic E-state index is 0.115. The molecule has 0 radical (unpaired) electrons. The summed E-state index contributed by atoms with van der Waals surface area (Å²) < 4.78 is 0. The molecule has 1 N–H and O–H groups in total. The van der Waals surface area contributed by atoms with Crippen molar-refractivity contribution in [3.63, 3.8) is 0 Å². The van der Waals surface area contributed by atoms with Gasteiger partial charge in [-0.25, -0.2) is 4.98 Å². The molecule has 27 heavy (non-hydrogen) atoms. The van der Waals surface area contributed by atoms with Crippen LogP contribution in [-0.4, -0.2) is 44.7 Å². The van der Waals surface area contributed by atoms with E-state index < -0.39 is 0 Å². The van der Waals surface area contributed by atoms with Gasteiger partial charge >= 0.3 is 0 Å². The van der Waals surface area contributed by atoms with Crippen molar-refractivity contribution in [2.45, 2.75) is 64.0 Å². The molecule has 2 aliphatic carbocycles. The number of amides is 2. The average molecular weight is 370 g/mol. The summed E-state index contributed by atoms with van der Waals surface area (Å²) in [5, 5.41) is 0. The fourth-order valence-electron chi connectivity index (χ4n) is 4.42. The quantitative estimate of drug-likeness (QED) is 0.874. The van der Waals surface area contributed by atoms with Crippen LogP contribution in [0.2, 0.25) is 0 Å². The number of carbonyl (C=O) groups excluding carboxylic acids is 2. The molecule has 2 aliphatic heterocycles. The molecule has 144 valence electrons. The van der Waals surface area contributed by atoms with Gasteiger partial charge in [0.1, 0.15) is 5.82 Å². The number of piperidine rings is 1. The third-order valence-electron chi connectivity index (χ3n) is 6.35. The van der Waals surface area contributed by atoms with E-state index in [-0.39, 0.29) is 35.3 Å². The van der Waals surface area contributed by atoms with Crippen LogP contribution in [0, 0.1) is 11.8 Å². The summed E-state index contributed by atoms with van der Waals surface area (Å²) in [6.45, 7) is 1.75. The van der Waals surface area contributed by atoms with Crippen molar-refractivity contribution in [1.29, 1.82) is 0 Å². The Morgan fingerprint density at radius 1 is 0.963 bits per heavy atom. The van der Waals surface area contributed by atoms with Crippen LogP contribution in [0.4, 0.5) is 0 Å². The Bertz CT molecular complexity index is 840. The Balaban J connectivity index is 1.41. The fourth-order valence-corrected chi connectivity index (χ4v) is 4.42. The van der Waals surface area contributed by atoms with E-state index in [1.807, 2.05) is 4.90 Å². The molecule has 2 saturated carbocycles. The number of fused-ring (bicyclic) bond motifs is 1. The lowest BCUT2D eigenvalue weighted by Gasteiger charge is -2.36. The van der Waals surface area contributed by atoms with Crippen LogP contribution in [0.5, 0.6) is 0 Å². The fraction of sp³-hybridized carbons (Fsp3) is 0.700. The molecule has 3 fully saturated rings. The Hall–Kier alpha value is -2.18. The number of carbonyl (C=O) groups is 2. The van der Waals surface area contributed by atoms with Crippen molar-refractivity contribution in [1.82, 2.24) is 19.8 Å². The molecule has 0 spiro atoms. The summed E-state index contributed by atoms with van der Waals surface area (Å²) in [7, 11) is 0. The van der Waals surface area contributed by atoms with Gasteiger partial charge in [0.2, 0.25) is 11.8 Å². The molecule has 0 unspecified atom stereocenters. The highest BCUT2D eigenvalue weighted by Gasteiger charge is 2.39. The Labute approximate surface area is 158 Å². The lowest BCUT2D eigenvalue weighted by atomic mass is 9.99. The van der Waals surface area contributed by atoms with Gasteiger partial charge in [0.25, 0.3) is 5.56 Å². The maximum absolute atomic E-state index is 12.8. The highest BCUT2D eigenvalue weighted by Crippen LogP contribution is 2.37. The van der Waals surface area contributed by atoms with Crippen molar-refractivity contribution >= 4 is 11.8 Å². The summed E-state index contributed by atoms with van der Waals surface area (Å²) >= 11 is 0. The van der Waals surface area contributed by atoms with E-state index in [1.54, 1.807) is 4.90 Å². The van der Waals surface area contributed by atoms with Gasteiger partial charge in [-0.05, 0) is 44.9 Å². The van der Waals surface area contributed by atoms with Gasteiger partial charge in [-0.3, -0.25) is 14.4 Å². The number of hydrogen-bond acceptors (Lipinski definition) is 4. The highest BCUT2D eigenvalue weighted by molar-refractivity contribution is 5.82. The summed E-state index contributed by atoms with van der Waals surface area (Å²) in [5.74, 6) is 1.38. The largest absolute Gasteiger partial charge is 0.337 e. The van der Waals surface area contributed by atoms with Crippen LogP contribution in [0.25, 0.3) is 0 Å². The lowest BCUT2D eigenvalue weighted by molar-refractivity contribution is -0.137. The SMILES string of the molecule is O=C(C1CC1)N1CCc2nc([C@@H]3CCCCN3C(=O)C3CC3)[nH]c(=O)c2C1. The Morgan fingerprint density at radius 2 is 1.70 bits per heavy atom.